The fraction of sp³-hybridized carbons (Fsp3) is 0.429. The van der Waals surface area contributed by atoms with E-state index >= 15 is 0 Å². The molecular weight excluding hydrogens is 315 g/mol. The molecule has 1 rings (SSSR count). The van der Waals surface area contributed by atoms with Gasteiger partial charge in [-0.2, -0.15) is 0 Å². The lowest BCUT2D eigenvalue weighted by molar-refractivity contribution is -0.137. The van der Waals surface area contributed by atoms with Gasteiger partial charge in [-0.15, -0.1) is 0 Å². The van der Waals surface area contributed by atoms with Crippen LogP contribution in [0.3, 0.4) is 0 Å². The zero-order valence-corrected chi connectivity index (χ0v) is 13.4. The molecule has 0 saturated carbocycles. The standard InChI is InChI=1S/C14H18Cl2N2O3/c1-9(2)18(7-6-13(20)21)8-12(19)17-14-10(15)4-3-5-11(14)16/h3-5,9H,6-8H2,1-2H3,(H,17,19)(H,20,21). The van der Waals surface area contributed by atoms with Crippen LogP contribution in [-0.4, -0.2) is 41.0 Å². The first-order valence-electron chi connectivity index (χ1n) is 6.51. The average Bonchev–Trinajstić information content (AvgIpc) is 2.38. The van der Waals surface area contributed by atoms with Crippen molar-refractivity contribution in [1.29, 1.82) is 0 Å². The Morgan fingerprint density at radius 2 is 1.86 bits per heavy atom. The van der Waals surface area contributed by atoms with Crippen molar-refractivity contribution in [3.05, 3.63) is 28.2 Å². The van der Waals surface area contributed by atoms with Crippen LogP contribution in [0.25, 0.3) is 0 Å². The second kappa shape index (κ2) is 8.22. The molecule has 1 amide bonds. The second-order valence-corrected chi connectivity index (χ2v) is 5.67. The Bertz CT molecular complexity index is 501. The summed E-state index contributed by atoms with van der Waals surface area (Å²) >= 11 is 12.0. The molecule has 0 heterocycles. The smallest absolute Gasteiger partial charge is 0.304 e. The summed E-state index contributed by atoms with van der Waals surface area (Å²) in [7, 11) is 0. The monoisotopic (exact) mass is 332 g/mol. The lowest BCUT2D eigenvalue weighted by Crippen LogP contribution is -2.39. The molecule has 1 aromatic rings. The number of carbonyl (C=O) groups is 2. The van der Waals surface area contributed by atoms with Gasteiger partial charge in [-0.05, 0) is 26.0 Å². The lowest BCUT2D eigenvalue weighted by atomic mass is 10.2. The Hall–Kier alpha value is -1.30. The molecule has 7 heteroatoms. The molecule has 0 aromatic heterocycles. The molecule has 0 unspecified atom stereocenters. The molecule has 0 saturated heterocycles. The largest absolute Gasteiger partial charge is 0.481 e. The number of hydrogen-bond donors (Lipinski definition) is 2. The summed E-state index contributed by atoms with van der Waals surface area (Å²) < 4.78 is 0. The SMILES string of the molecule is CC(C)N(CCC(=O)O)CC(=O)Nc1c(Cl)cccc1Cl. The van der Waals surface area contributed by atoms with Crippen molar-refractivity contribution in [3.8, 4) is 0 Å². The first-order valence-corrected chi connectivity index (χ1v) is 7.26. The van der Waals surface area contributed by atoms with Crippen LogP contribution in [-0.2, 0) is 9.59 Å². The predicted octanol–water partition coefficient (Wildman–Crippen LogP) is 3.12. The maximum absolute atomic E-state index is 12.1. The number of nitrogens with one attached hydrogen (secondary N) is 1. The number of benzene rings is 1. The highest BCUT2D eigenvalue weighted by molar-refractivity contribution is 6.39. The van der Waals surface area contributed by atoms with Crippen molar-refractivity contribution in [3.63, 3.8) is 0 Å². The highest BCUT2D eigenvalue weighted by Gasteiger charge is 2.17. The average molecular weight is 333 g/mol. The van der Waals surface area contributed by atoms with Crippen LogP contribution in [0, 0.1) is 0 Å². The molecule has 116 valence electrons. The van der Waals surface area contributed by atoms with E-state index in [9.17, 15) is 9.59 Å². The van der Waals surface area contributed by atoms with Gasteiger partial charge in [0, 0.05) is 12.6 Å². The van der Waals surface area contributed by atoms with E-state index in [4.69, 9.17) is 28.3 Å². The summed E-state index contributed by atoms with van der Waals surface area (Å²) in [6, 6.07) is 5.01. The fourth-order valence-corrected chi connectivity index (χ4v) is 2.23. The van der Waals surface area contributed by atoms with Gasteiger partial charge in [0.15, 0.2) is 0 Å². The second-order valence-electron chi connectivity index (χ2n) is 4.85. The highest BCUT2D eigenvalue weighted by Crippen LogP contribution is 2.29. The zero-order chi connectivity index (χ0) is 16.0. The molecule has 5 nitrogen and oxygen atoms in total. The van der Waals surface area contributed by atoms with Crippen LogP contribution < -0.4 is 5.32 Å². The number of hydrogen-bond acceptors (Lipinski definition) is 3. The van der Waals surface area contributed by atoms with E-state index in [-0.39, 0.29) is 24.9 Å². The van der Waals surface area contributed by atoms with Gasteiger partial charge in [0.05, 0.1) is 28.7 Å². The fourth-order valence-electron chi connectivity index (χ4n) is 1.74. The molecule has 1 aromatic carbocycles. The summed E-state index contributed by atoms with van der Waals surface area (Å²) in [5, 5.41) is 12.1. The quantitative estimate of drug-likeness (QED) is 0.804. The van der Waals surface area contributed by atoms with E-state index in [0.29, 0.717) is 22.3 Å². The van der Waals surface area contributed by atoms with Crippen LogP contribution in [0.2, 0.25) is 10.0 Å². The van der Waals surface area contributed by atoms with E-state index in [1.807, 2.05) is 13.8 Å². The number of carboxylic acid groups (broad SMARTS) is 1. The molecule has 0 bridgehead atoms. The predicted molar refractivity (Wildman–Crippen MR) is 84.1 cm³/mol. The molecule has 0 atom stereocenters. The third kappa shape index (κ3) is 5.91. The summed E-state index contributed by atoms with van der Waals surface area (Å²) in [6.07, 6.45) is -0.0156. The van der Waals surface area contributed by atoms with Gasteiger partial charge < -0.3 is 10.4 Å². The third-order valence-electron chi connectivity index (χ3n) is 2.92. The number of aliphatic carboxylic acids is 1. The van der Waals surface area contributed by atoms with Crippen LogP contribution >= 0.6 is 23.2 Å². The van der Waals surface area contributed by atoms with Gasteiger partial charge in [-0.3, -0.25) is 14.5 Å². The van der Waals surface area contributed by atoms with E-state index in [2.05, 4.69) is 5.32 Å². The molecule has 0 aliphatic carbocycles. The first-order chi connectivity index (χ1) is 9.81. The summed E-state index contributed by atoms with van der Waals surface area (Å²) in [6.45, 7) is 4.18. The number of halogens is 2. The van der Waals surface area contributed by atoms with Crippen molar-refractivity contribution < 1.29 is 14.7 Å². The molecule has 0 spiro atoms. The van der Waals surface area contributed by atoms with Gasteiger partial charge in [-0.1, -0.05) is 29.3 Å². The molecule has 0 aliphatic heterocycles. The molecule has 0 aliphatic rings. The first kappa shape index (κ1) is 17.8. The van der Waals surface area contributed by atoms with Gasteiger partial charge in [0.1, 0.15) is 0 Å². The Labute approximate surface area is 133 Å². The van der Waals surface area contributed by atoms with Crippen molar-refractivity contribution in [2.75, 3.05) is 18.4 Å². The maximum Gasteiger partial charge on any atom is 0.304 e. The van der Waals surface area contributed by atoms with Crippen molar-refractivity contribution in [1.82, 2.24) is 4.90 Å². The van der Waals surface area contributed by atoms with Crippen molar-refractivity contribution in [2.24, 2.45) is 0 Å². The minimum absolute atomic E-state index is 0.0156. The molecular formula is C14H18Cl2N2O3. The zero-order valence-electron chi connectivity index (χ0n) is 11.9. The van der Waals surface area contributed by atoms with Crippen molar-refractivity contribution in [2.45, 2.75) is 26.3 Å². The summed E-state index contributed by atoms with van der Waals surface area (Å²) in [4.78, 5) is 24.5. The van der Waals surface area contributed by atoms with E-state index in [1.54, 1.807) is 23.1 Å². The summed E-state index contributed by atoms with van der Waals surface area (Å²) in [5.41, 5.74) is 0.368. The van der Waals surface area contributed by atoms with Crippen molar-refractivity contribution >= 4 is 40.8 Å². The summed E-state index contributed by atoms with van der Waals surface area (Å²) in [5.74, 6) is -1.18. The van der Waals surface area contributed by atoms with Gasteiger partial charge in [0.2, 0.25) is 5.91 Å². The molecule has 0 fully saturated rings. The Morgan fingerprint density at radius 1 is 1.29 bits per heavy atom. The van der Waals surface area contributed by atoms with E-state index in [1.165, 1.54) is 0 Å². The van der Waals surface area contributed by atoms with Crippen LogP contribution in [0.5, 0.6) is 0 Å². The van der Waals surface area contributed by atoms with E-state index < -0.39 is 5.97 Å². The number of nitrogens with zero attached hydrogens (tertiary/aromatic N) is 1. The number of carbonyl (C=O) groups excluding carboxylic acids is 1. The van der Waals surface area contributed by atoms with Gasteiger partial charge in [0.25, 0.3) is 0 Å². The Balaban J connectivity index is 2.68. The van der Waals surface area contributed by atoms with Crippen LogP contribution in [0.1, 0.15) is 20.3 Å². The molecule has 0 radical (unpaired) electrons. The third-order valence-corrected chi connectivity index (χ3v) is 3.55. The Morgan fingerprint density at radius 3 is 2.33 bits per heavy atom. The maximum atomic E-state index is 12.1. The van der Waals surface area contributed by atoms with Crippen LogP contribution in [0.4, 0.5) is 5.69 Å². The van der Waals surface area contributed by atoms with E-state index in [0.717, 1.165) is 0 Å². The molecule has 2 N–H and O–H groups in total. The number of carboxylic acids is 1. The lowest BCUT2D eigenvalue weighted by Gasteiger charge is -2.25. The number of amides is 1. The normalized spacial score (nSPS) is 11.0. The van der Waals surface area contributed by atoms with Crippen LogP contribution in [0.15, 0.2) is 18.2 Å². The molecule has 21 heavy (non-hydrogen) atoms. The highest BCUT2D eigenvalue weighted by atomic mass is 35.5. The topological polar surface area (TPSA) is 69.6 Å². The Kier molecular flexibility index (Phi) is 6.95. The number of rotatable bonds is 7. The van der Waals surface area contributed by atoms with Gasteiger partial charge in [-0.25, -0.2) is 0 Å². The van der Waals surface area contributed by atoms with Gasteiger partial charge >= 0.3 is 5.97 Å². The minimum atomic E-state index is -0.893. The number of para-hydroxylation sites is 1. The minimum Gasteiger partial charge on any atom is -0.481 e. The number of anilines is 1.